The number of rotatable bonds is 6. The lowest BCUT2D eigenvalue weighted by Gasteiger charge is -2.20. The molecule has 0 unspecified atom stereocenters. The zero-order chi connectivity index (χ0) is 21.1. The average molecular weight is 423 g/mol. The Morgan fingerprint density at radius 3 is 2.77 bits per heavy atom. The van der Waals surface area contributed by atoms with Gasteiger partial charge in [-0.2, -0.15) is 14.6 Å². The van der Waals surface area contributed by atoms with E-state index in [9.17, 15) is 4.79 Å². The lowest BCUT2D eigenvalue weighted by atomic mass is 10.1. The second-order valence-electron chi connectivity index (χ2n) is 6.59. The van der Waals surface area contributed by atoms with Gasteiger partial charge in [0.25, 0.3) is 5.78 Å². The Morgan fingerprint density at radius 1 is 1.20 bits per heavy atom. The molecule has 0 saturated heterocycles. The molecule has 1 N–H and O–H groups in total. The first kappa shape index (κ1) is 19.7. The van der Waals surface area contributed by atoms with Crippen molar-refractivity contribution in [3.05, 3.63) is 65.9 Å². The van der Waals surface area contributed by atoms with Crippen LogP contribution < -0.4 is 15.0 Å². The molecule has 0 saturated carbocycles. The van der Waals surface area contributed by atoms with Crippen LogP contribution in [-0.2, 0) is 4.79 Å². The quantitative estimate of drug-likeness (QED) is 0.511. The van der Waals surface area contributed by atoms with Gasteiger partial charge in [0.1, 0.15) is 17.9 Å². The number of likely N-dealkylation sites (N-methyl/N-ethyl adjacent to an activating group) is 1. The van der Waals surface area contributed by atoms with Crippen molar-refractivity contribution < 1.29 is 9.53 Å². The molecule has 4 rings (SSSR count). The third-order valence-corrected chi connectivity index (χ3v) is 4.75. The summed E-state index contributed by atoms with van der Waals surface area (Å²) >= 11 is 6.04. The zero-order valence-electron chi connectivity index (χ0n) is 16.4. The summed E-state index contributed by atoms with van der Waals surface area (Å²) in [7, 11) is 3.34. The Kier molecular flexibility index (Phi) is 5.49. The van der Waals surface area contributed by atoms with Gasteiger partial charge < -0.3 is 15.0 Å². The molecule has 2 heterocycles. The van der Waals surface area contributed by atoms with Gasteiger partial charge in [-0.15, -0.1) is 0 Å². The van der Waals surface area contributed by atoms with E-state index >= 15 is 0 Å². The SMILES string of the molecule is COc1ccc(Cl)cc1NC(=O)CN(C)c1cc(-c2ccccc2)nc2ncnn12. The van der Waals surface area contributed by atoms with Gasteiger partial charge in [0.15, 0.2) is 0 Å². The number of hydrogen-bond donors (Lipinski definition) is 1. The van der Waals surface area contributed by atoms with Crippen molar-refractivity contribution in [3.63, 3.8) is 0 Å². The maximum atomic E-state index is 12.7. The van der Waals surface area contributed by atoms with E-state index in [1.165, 1.54) is 13.4 Å². The molecule has 0 aliphatic rings. The number of hydrogen-bond acceptors (Lipinski definition) is 6. The number of carbonyl (C=O) groups is 1. The summed E-state index contributed by atoms with van der Waals surface area (Å²) < 4.78 is 6.88. The molecule has 2 aromatic carbocycles. The van der Waals surface area contributed by atoms with Crippen LogP contribution in [0.25, 0.3) is 17.0 Å². The molecule has 0 atom stereocenters. The molecule has 8 nitrogen and oxygen atoms in total. The molecular weight excluding hydrogens is 404 g/mol. The van der Waals surface area contributed by atoms with E-state index in [4.69, 9.17) is 16.3 Å². The largest absolute Gasteiger partial charge is 0.495 e. The molecule has 1 amide bonds. The summed E-state index contributed by atoms with van der Waals surface area (Å²) in [5, 5.41) is 7.58. The number of carbonyl (C=O) groups excluding carboxylic acids is 1. The summed E-state index contributed by atoms with van der Waals surface area (Å²) in [5.41, 5.74) is 2.20. The van der Waals surface area contributed by atoms with Gasteiger partial charge in [0.2, 0.25) is 5.91 Å². The number of benzene rings is 2. The van der Waals surface area contributed by atoms with Gasteiger partial charge in [0, 0.05) is 23.7 Å². The number of nitrogens with one attached hydrogen (secondary N) is 1. The fraction of sp³-hybridized carbons (Fsp3) is 0.143. The highest BCUT2D eigenvalue weighted by Crippen LogP contribution is 2.28. The van der Waals surface area contributed by atoms with Crippen molar-refractivity contribution in [3.8, 4) is 17.0 Å². The van der Waals surface area contributed by atoms with Gasteiger partial charge in [-0.05, 0) is 18.2 Å². The van der Waals surface area contributed by atoms with E-state index in [1.54, 1.807) is 34.7 Å². The zero-order valence-corrected chi connectivity index (χ0v) is 17.2. The normalized spacial score (nSPS) is 10.8. The molecule has 9 heteroatoms. The van der Waals surface area contributed by atoms with Crippen LogP contribution in [0.1, 0.15) is 0 Å². The van der Waals surface area contributed by atoms with E-state index in [-0.39, 0.29) is 12.5 Å². The number of fused-ring (bicyclic) bond motifs is 1. The van der Waals surface area contributed by atoms with E-state index in [2.05, 4.69) is 20.4 Å². The lowest BCUT2D eigenvalue weighted by molar-refractivity contribution is -0.114. The summed E-state index contributed by atoms with van der Waals surface area (Å²) in [4.78, 5) is 23.2. The summed E-state index contributed by atoms with van der Waals surface area (Å²) in [6.07, 6.45) is 1.44. The Morgan fingerprint density at radius 2 is 2.00 bits per heavy atom. The van der Waals surface area contributed by atoms with Gasteiger partial charge >= 0.3 is 0 Å². The number of methoxy groups -OCH3 is 1. The number of amides is 1. The smallest absolute Gasteiger partial charge is 0.254 e. The molecule has 0 spiro atoms. The van der Waals surface area contributed by atoms with Crippen molar-refractivity contribution in [2.45, 2.75) is 0 Å². The second-order valence-corrected chi connectivity index (χ2v) is 7.02. The highest BCUT2D eigenvalue weighted by molar-refractivity contribution is 6.31. The first-order valence-electron chi connectivity index (χ1n) is 9.16. The monoisotopic (exact) mass is 422 g/mol. The predicted octanol–water partition coefficient (Wildman–Crippen LogP) is 3.53. The van der Waals surface area contributed by atoms with Crippen LogP contribution in [0.5, 0.6) is 5.75 Å². The van der Waals surface area contributed by atoms with Crippen LogP contribution >= 0.6 is 11.6 Å². The van der Waals surface area contributed by atoms with Crippen molar-refractivity contribution in [1.82, 2.24) is 19.6 Å². The van der Waals surface area contributed by atoms with E-state index in [1.807, 2.05) is 36.4 Å². The maximum Gasteiger partial charge on any atom is 0.254 e. The molecule has 30 heavy (non-hydrogen) atoms. The first-order chi connectivity index (χ1) is 14.5. The Bertz CT molecular complexity index is 1190. The minimum absolute atomic E-state index is 0.0723. The highest BCUT2D eigenvalue weighted by Gasteiger charge is 2.16. The minimum Gasteiger partial charge on any atom is -0.495 e. The van der Waals surface area contributed by atoms with Crippen LogP contribution in [-0.4, -0.2) is 46.2 Å². The predicted molar refractivity (Wildman–Crippen MR) is 116 cm³/mol. The molecule has 152 valence electrons. The van der Waals surface area contributed by atoms with Crippen LogP contribution in [0.4, 0.5) is 11.5 Å². The second kappa shape index (κ2) is 8.38. The third-order valence-electron chi connectivity index (χ3n) is 4.51. The molecule has 0 aliphatic heterocycles. The molecular formula is C21H19ClN6O2. The molecule has 2 aromatic heterocycles. The average Bonchev–Trinajstić information content (AvgIpc) is 3.22. The van der Waals surface area contributed by atoms with Gasteiger partial charge in [-0.3, -0.25) is 4.79 Å². The van der Waals surface area contributed by atoms with Gasteiger partial charge in [-0.25, -0.2) is 4.98 Å². The van der Waals surface area contributed by atoms with Crippen LogP contribution in [0.3, 0.4) is 0 Å². The Balaban J connectivity index is 1.60. The molecule has 0 aliphatic carbocycles. The fourth-order valence-corrected chi connectivity index (χ4v) is 3.26. The topological polar surface area (TPSA) is 84.6 Å². The number of anilines is 2. The molecule has 4 aromatic rings. The molecule has 0 bridgehead atoms. The summed E-state index contributed by atoms with van der Waals surface area (Å²) in [6, 6.07) is 16.7. The van der Waals surface area contributed by atoms with Gasteiger partial charge in [0.05, 0.1) is 25.0 Å². The van der Waals surface area contributed by atoms with E-state index in [0.717, 1.165) is 11.3 Å². The third kappa shape index (κ3) is 4.04. The minimum atomic E-state index is -0.232. The van der Waals surface area contributed by atoms with E-state index < -0.39 is 0 Å². The number of halogens is 1. The fourth-order valence-electron chi connectivity index (χ4n) is 3.09. The maximum absolute atomic E-state index is 12.7. The van der Waals surface area contributed by atoms with Gasteiger partial charge in [-0.1, -0.05) is 41.9 Å². The standard InChI is InChI=1S/C21H19ClN6O2/c1-27(12-19(29)25-17-10-15(22)8-9-18(17)30-2)20-11-16(14-6-4-3-5-7-14)26-21-23-13-24-28(20)21/h3-11,13H,12H2,1-2H3,(H,25,29). The van der Waals surface area contributed by atoms with Crippen LogP contribution in [0.2, 0.25) is 5.02 Å². The number of ether oxygens (including phenoxy) is 1. The first-order valence-corrected chi connectivity index (χ1v) is 9.53. The summed E-state index contributed by atoms with van der Waals surface area (Å²) in [5.74, 6) is 1.44. The molecule has 0 radical (unpaired) electrons. The molecule has 0 fully saturated rings. The number of aromatic nitrogens is 4. The summed E-state index contributed by atoms with van der Waals surface area (Å²) in [6.45, 7) is 0.0723. The highest BCUT2D eigenvalue weighted by atomic mass is 35.5. The van der Waals surface area contributed by atoms with Crippen molar-refractivity contribution in [2.75, 3.05) is 30.9 Å². The van der Waals surface area contributed by atoms with Crippen molar-refractivity contribution in [1.29, 1.82) is 0 Å². The van der Waals surface area contributed by atoms with Crippen LogP contribution in [0.15, 0.2) is 60.9 Å². The Hall–Kier alpha value is -3.65. The van der Waals surface area contributed by atoms with Crippen molar-refractivity contribution in [2.24, 2.45) is 0 Å². The number of nitrogens with zero attached hydrogens (tertiary/aromatic N) is 5. The van der Waals surface area contributed by atoms with Crippen LogP contribution in [0, 0.1) is 0 Å². The van der Waals surface area contributed by atoms with Crippen molar-refractivity contribution >= 4 is 34.8 Å². The lowest BCUT2D eigenvalue weighted by Crippen LogP contribution is -2.31. The van der Waals surface area contributed by atoms with E-state index in [0.29, 0.717) is 28.1 Å². The Labute approximate surface area is 178 Å².